The number of carbonyl (C=O) groups is 1. The number of benzene rings is 1. The van der Waals surface area contributed by atoms with Crippen molar-refractivity contribution < 1.29 is 9.53 Å². The molecule has 0 radical (unpaired) electrons. The van der Waals surface area contributed by atoms with E-state index in [2.05, 4.69) is 6.92 Å². The number of carbonyl (C=O) groups excluding carboxylic acids is 1. The van der Waals surface area contributed by atoms with Crippen molar-refractivity contribution in [1.82, 2.24) is 0 Å². The number of hydrogen-bond acceptors (Lipinski definition) is 3. The summed E-state index contributed by atoms with van der Waals surface area (Å²) in [5.74, 6) is 0. The van der Waals surface area contributed by atoms with E-state index in [9.17, 15) is 4.79 Å². The number of cyclic esters (lactones) is 1. The van der Waals surface area contributed by atoms with Gasteiger partial charge in [-0.1, -0.05) is 19.1 Å². The van der Waals surface area contributed by atoms with E-state index in [0.717, 1.165) is 12.1 Å². The monoisotopic (exact) mass is 220 g/mol. The lowest BCUT2D eigenvalue weighted by Crippen LogP contribution is -2.38. The minimum atomic E-state index is -0.306. The van der Waals surface area contributed by atoms with Crippen LogP contribution in [0.1, 0.15) is 12.5 Å². The van der Waals surface area contributed by atoms with Gasteiger partial charge >= 0.3 is 6.09 Å². The molecule has 0 bridgehead atoms. The molecular formula is C12H16N2O2. The molecule has 1 aliphatic heterocycles. The van der Waals surface area contributed by atoms with Crippen molar-refractivity contribution in [2.75, 3.05) is 18.1 Å². The third-order valence-corrected chi connectivity index (χ3v) is 2.86. The Morgan fingerprint density at radius 3 is 2.69 bits per heavy atom. The van der Waals surface area contributed by atoms with Gasteiger partial charge in [0.15, 0.2) is 0 Å². The van der Waals surface area contributed by atoms with Gasteiger partial charge in [0.05, 0.1) is 6.04 Å². The molecule has 0 aromatic heterocycles. The average molecular weight is 220 g/mol. The Balaban J connectivity index is 2.24. The van der Waals surface area contributed by atoms with Crippen LogP contribution in [0.3, 0.4) is 0 Å². The quantitative estimate of drug-likeness (QED) is 0.840. The lowest BCUT2D eigenvalue weighted by Gasteiger charge is -2.20. The van der Waals surface area contributed by atoms with Crippen molar-refractivity contribution in [3.63, 3.8) is 0 Å². The smallest absolute Gasteiger partial charge is 0.414 e. The molecule has 4 heteroatoms. The lowest BCUT2D eigenvalue weighted by atomic mass is 10.1. The molecule has 0 spiro atoms. The standard InChI is InChI=1S/C12H16N2O2/c1-2-9-3-5-10(6-4-9)14-11(7-13)8-16-12(14)15/h3-6,11H,2,7-8,13H2,1H3. The van der Waals surface area contributed by atoms with Gasteiger partial charge in [-0.05, 0) is 24.1 Å². The van der Waals surface area contributed by atoms with Crippen molar-refractivity contribution in [2.45, 2.75) is 19.4 Å². The summed E-state index contributed by atoms with van der Waals surface area (Å²) in [6.07, 6.45) is 0.685. The van der Waals surface area contributed by atoms with E-state index in [1.54, 1.807) is 4.90 Å². The fraction of sp³-hybridized carbons (Fsp3) is 0.417. The molecule has 86 valence electrons. The van der Waals surface area contributed by atoms with E-state index in [0.29, 0.717) is 13.2 Å². The average Bonchev–Trinajstić information content (AvgIpc) is 2.70. The van der Waals surface area contributed by atoms with Crippen LogP contribution in [0.4, 0.5) is 10.5 Å². The summed E-state index contributed by atoms with van der Waals surface area (Å²) in [5.41, 5.74) is 7.71. The van der Waals surface area contributed by atoms with Crippen LogP contribution < -0.4 is 10.6 Å². The summed E-state index contributed by atoms with van der Waals surface area (Å²) in [5, 5.41) is 0. The SMILES string of the molecule is CCc1ccc(N2C(=O)OCC2CN)cc1. The van der Waals surface area contributed by atoms with Gasteiger partial charge in [0.1, 0.15) is 6.61 Å². The Hall–Kier alpha value is -1.55. The molecule has 1 aliphatic rings. The molecular weight excluding hydrogens is 204 g/mol. The second-order valence-corrected chi connectivity index (χ2v) is 3.86. The number of aryl methyl sites for hydroxylation is 1. The highest BCUT2D eigenvalue weighted by molar-refractivity contribution is 5.90. The van der Waals surface area contributed by atoms with Gasteiger partial charge in [-0.3, -0.25) is 4.90 Å². The highest BCUT2D eigenvalue weighted by Crippen LogP contribution is 2.23. The minimum absolute atomic E-state index is 0.0417. The molecule has 1 atom stereocenters. The minimum Gasteiger partial charge on any atom is -0.447 e. The molecule has 0 saturated carbocycles. The van der Waals surface area contributed by atoms with Crippen LogP contribution in [-0.4, -0.2) is 25.3 Å². The molecule has 0 aliphatic carbocycles. The van der Waals surface area contributed by atoms with E-state index >= 15 is 0 Å². The molecule has 2 N–H and O–H groups in total. The maximum atomic E-state index is 11.5. The fourth-order valence-electron chi connectivity index (χ4n) is 1.84. The molecule has 1 fully saturated rings. The summed E-state index contributed by atoms with van der Waals surface area (Å²) < 4.78 is 4.99. The number of amides is 1. The summed E-state index contributed by atoms with van der Waals surface area (Å²) in [4.78, 5) is 13.2. The summed E-state index contributed by atoms with van der Waals surface area (Å²) in [6.45, 7) is 2.90. The normalized spacial score (nSPS) is 20.0. The van der Waals surface area contributed by atoms with Crippen LogP contribution in [-0.2, 0) is 11.2 Å². The summed E-state index contributed by atoms with van der Waals surface area (Å²) in [7, 11) is 0. The van der Waals surface area contributed by atoms with Gasteiger partial charge in [0, 0.05) is 12.2 Å². The van der Waals surface area contributed by atoms with Crippen LogP contribution in [0.25, 0.3) is 0 Å². The third-order valence-electron chi connectivity index (χ3n) is 2.86. The Morgan fingerprint density at radius 2 is 2.12 bits per heavy atom. The second-order valence-electron chi connectivity index (χ2n) is 3.86. The zero-order chi connectivity index (χ0) is 11.5. The molecule has 4 nitrogen and oxygen atoms in total. The van der Waals surface area contributed by atoms with Crippen LogP contribution in [0.2, 0.25) is 0 Å². The molecule has 1 amide bonds. The van der Waals surface area contributed by atoms with E-state index in [1.807, 2.05) is 24.3 Å². The van der Waals surface area contributed by atoms with E-state index < -0.39 is 0 Å². The number of ether oxygens (including phenoxy) is 1. The van der Waals surface area contributed by atoms with E-state index in [-0.39, 0.29) is 12.1 Å². The van der Waals surface area contributed by atoms with E-state index in [1.165, 1.54) is 5.56 Å². The Morgan fingerprint density at radius 1 is 1.44 bits per heavy atom. The molecule has 1 aromatic rings. The largest absolute Gasteiger partial charge is 0.447 e. The number of nitrogens with zero attached hydrogens (tertiary/aromatic N) is 1. The molecule has 2 rings (SSSR count). The Labute approximate surface area is 95.0 Å². The van der Waals surface area contributed by atoms with Crippen LogP contribution >= 0.6 is 0 Å². The number of hydrogen-bond donors (Lipinski definition) is 1. The molecule has 16 heavy (non-hydrogen) atoms. The summed E-state index contributed by atoms with van der Waals surface area (Å²) in [6, 6.07) is 7.88. The van der Waals surface area contributed by atoms with Crippen molar-refractivity contribution >= 4 is 11.8 Å². The van der Waals surface area contributed by atoms with Crippen LogP contribution in [0.15, 0.2) is 24.3 Å². The van der Waals surface area contributed by atoms with Crippen molar-refractivity contribution in [3.8, 4) is 0 Å². The molecule has 1 heterocycles. The first kappa shape index (κ1) is 11.0. The zero-order valence-corrected chi connectivity index (χ0v) is 9.35. The number of rotatable bonds is 3. The van der Waals surface area contributed by atoms with Gasteiger partial charge in [-0.2, -0.15) is 0 Å². The highest BCUT2D eigenvalue weighted by Gasteiger charge is 2.32. The maximum Gasteiger partial charge on any atom is 0.414 e. The molecule has 1 saturated heterocycles. The first-order valence-corrected chi connectivity index (χ1v) is 5.51. The van der Waals surface area contributed by atoms with Gasteiger partial charge in [-0.15, -0.1) is 0 Å². The van der Waals surface area contributed by atoms with Gasteiger partial charge in [-0.25, -0.2) is 4.79 Å². The zero-order valence-electron chi connectivity index (χ0n) is 9.35. The third kappa shape index (κ3) is 1.88. The topological polar surface area (TPSA) is 55.6 Å². The van der Waals surface area contributed by atoms with Crippen molar-refractivity contribution in [1.29, 1.82) is 0 Å². The fourth-order valence-corrected chi connectivity index (χ4v) is 1.84. The Bertz CT molecular complexity index is 375. The lowest BCUT2D eigenvalue weighted by molar-refractivity contribution is 0.179. The first-order valence-electron chi connectivity index (χ1n) is 5.51. The van der Waals surface area contributed by atoms with Crippen LogP contribution in [0.5, 0.6) is 0 Å². The Kier molecular flexibility index (Phi) is 3.10. The van der Waals surface area contributed by atoms with Gasteiger partial charge in [0.2, 0.25) is 0 Å². The number of nitrogens with two attached hydrogens (primary N) is 1. The maximum absolute atomic E-state index is 11.5. The predicted molar refractivity (Wildman–Crippen MR) is 62.5 cm³/mol. The highest BCUT2D eigenvalue weighted by atomic mass is 16.6. The number of anilines is 1. The van der Waals surface area contributed by atoms with Gasteiger partial charge < -0.3 is 10.5 Å². The second kappa shape index (κ2) is 4.53. The first-order chi connectivity index (χ1) is 7.76. The van der Waals surface area contributed by atoms with Gasteiger partial charge in [0.25, 0.3) is 0 Å². The summed E-state index contributed by atoms with van der Waals surface area (Å²) >= 11 is 0. The van der Waals surface area contributed by atoms with Crippen LogP contribution in [0, 0.1) is 0 Å². The van der Waals surface area contributed by atoms with E-state index in [4.69, 9.17) is 10.5 Å². The molecule has 1 aromatic carbocycles. The molecule has 1 unspecified atom stereocenters. The predicted octanol–water partition coefficient (Wildman–Crippen LogP) is 1.53. The van der Waals surface area contributed by atoms with Crippen molar-refractivity contribution in [2.24, 2.45) is 5.73 Å². The van der Waals surface area contributed by atoms with Crippen molar-refractivity contribution in [3.05, 3.63) is 29.8 Å².